The van der Waals surface area contributed by atoms with Crippen LogP contribution in [0.4, 0.5) is 4.39 Å². The van der Waals surface area contributed by atoms with E-state index in [9.17, 15) is 14.0 Å². The van der Waals surface area contributed by atoms with Crippen molar-refractivity contribution in [2.75, 3.05) is 27.3 Å². The van der Waals surface area contributed by atoms with Crippen LogP contribution in [0.3, 0.4) is 0 Å². The van der Waals surface area contributed by atoms with Crippen molar-refractivity contribution >= 4 is 11.9 Å². The fourth-order valence-electron chi connectivity index (χ4n) is 3.90. The molecule has 3 aromatic rings. The number of likely N-dealkylation sites (tertiary alicyclic amines) is 1. The molecule has 0 bridgehead atoms. The molecule has 0 unspecified atom stereocenters. The van der Waals surface area contributed by atoms with Crippen LogP contribution in [0.5, 0.6) is 5.75 Å². The van der Waals surface area contributed by atoms with Gasteiger partial charge in [-0.2, -0.15) is 5.10 Å². The molecule has 32 heavy (non-hydrogen) atoms. The molecule has 7 nitrogen and oxygen atoms in total. The average Bonchev–Trinajstić information content (AvgIpc) is 3.29. The third kappa shape index (κ3) is 4.34. The zero-order chi connectivity index (χ0) is 22.7. The molecule has 2 heterocycles. The highest BCUT2D eigenvalue weighted by Gasteiger charge is 2.30. The fourth-order valence-corrected chi connectivity index (χ4v) is 3.90. The van der Waals surface area contributed by atoms with Crippen LogP contribution in [-0.2, 0) is 9.53 Å². The van der Waals surface area contributed by atoms with Crippen molar-refractivity contribution in [2.24, 2.45) is 5.92 Å². The third-order valence-corrected chi connectivity index (χ3v) is 5.70. The van der Waals surface area contributed by atoms with Crippen molar-refractivity contribution in [3.63, 3.8) is 0 Å². The SMILES string of the molecule is COC(=O)C1CCN(C(=O)c2cn(-c3ccc(F)cc3)nc2-c2cccc(OC)c2)CC1. The number of piperidine rings is 1. The molecule has 0 saturated carbocycles. The van der Waals surface area contributed by atoms with Gasteiger partial charge in [0.1, 0.15) is 17.3 Å². The van der Waals surface area contributed by atoms with Crippen LogP contribution in [0, 0.1) is 11.7 Å². The molecule has 4 rings (SSSR count). The lowest BCUT2D eigenvalue weighted by Crippen LogP contribution is -2.40. The number of aromatic nitrogens is 2. The molecule has 0 N–H and O–H groups in total. The first-order valence-electron chi connectivity index (χ1n) is 10.4. The van der Waals surface area contributed by atoms with Crippen molar-refractivity contribution in [1.82, 2.24) is 14.7 Å². The Morgan fingerprint density at radius 1 is 1.06 bits per heavy atom. The number of benzene rings is 2. The highest BCUT2D eigenvalue weighted by atomic mass is 19.1. The molecule has 1 aromatic heterocycles. The number of nitrogens with zero attached hydrogens (tertiary/aromatic N) is 3. The van der Waals surface area contributed by atoms with Gasteiger partial charge in [0.05, 0.1) is 31.4 Å². The molecule has 2 aromatic carbocycles. The second-order valence-corrected chi connectivity index (χ2v) is 7.63. The molecule has 1 amide bonds. The molecule has 1 aliphatic heterocycles. The van der Waals surface area contributed by atoms with Crippen LogP contribution < -0.4 is 4.74 Å². The quantitative estimate of drug-likeness (QED) is 0.569. The molecule has 1 aliphatic rings. The predicted molar refractivity (Wildman–Crippen MR) is 116 cm³/mol. The number of hydrogen-bond donors (Lipinski definition) is 0. The summed E-state index contributed by atoms with van der Waals surface area (Å²) in [6.07, 6.45) is 2.77. The van der Waals surface area contributed by atoms with Gasteiger partial charge < -0.3 is 14.4 Å². The van der Waals surface area contributed by atoms with Crippen molar-refractivity contribution in [2.45, 2.75) is 12.8 Å². The fraction of sp³-hybridized carbons (Fsp3) is 0.292. The lowest BCUT2D eigenvalue weighted by atomic mass is 9.96. The molecule has 1 fully saturated rings. The summed E-state index contributed by atoms with van der Waals surface area (Å²) in [7, 11) is 2.96. The summed E-state index contributed by atoms with van der Waals surface area (Å²) in [5, 5.41) is 4.65. The summed E-state index contributed by atoms with van der Waals surface area (Å²) in [6.45, 7) is 0.912. The van der Waals surface area contributed by atoms with Crippen LogP contribution in [0.2, 0.25) is 0 Å². The van der Waals surface area contributed by atoms with E-state index in [1.165, 1.54) is 19.2 Å². The lowest BCUT2D eigenvalue weighted by molar-refractivity contribution is -0.146. The zero-order valence-corrected chi connectivity index (χ0v) is 18.0. The molecule has 0 spiro atoms. The van der Waals surface area contributed by atoms with E-state index in [-0.39, 0.29) is 23.6 Å². The lowest BCUT2D eigenvalue weighted by Gasteiger charge is -2.30. The van der Waals surface area contributed by atoms with Gasteiger partial charge in [-0.1, -0.05) is 12.1 Å². The standard InChI is InChI=1S/C24H24FN3O4/c1-31-20-5-3-4-17(14-20)22-21(15-28(26-22)19-8-6-18(25)7-9-19)23(29)27-12-10-16(11-13-27)24(30)32-2/h3-9,14-16H,10-13H2,1-2H3. The number of ether oxygens (including phenoxy) is 2. The van der Waals surface area contributed by atoms with E-state index in [2.05, 4.69) is 5.10 Å². The minimum absolute atomic E-state index is 0.167. The summed E-state index contributed by atoms with van der Waals surface area (Å²) in [5.41, 5.74) is 2.31. The normalized spacial score (nSPS) is 14.3. The van der Waals surface area contributed by atoms with Crippen molar-refractivity contribution in [3.05, 3.63) is 66.1 Å². The van der Waals surface area contributed by atoms with E-state index in [1.807, 2.05) is 24.3 Å². The molecule has 1 saturated heterocycles. The summed E-state index contributed by atoms with van der Waals surface area (Å²) in [6, 6.07) is 13.2. The second kappa shape index (κ2) is 9.21. The van der Waals surface area contributed by atoms with Gasteiger partial charge in [-0.3, -0.25) is 9.59 Å². The zero-order valence-electron chi connectivity index (χ0n) is 18.0. The molecule has 8 heteroatoms. The predicted octanol–water partition coefficient (Wildman–Crippen LogP) is 3.71. The smallest absolute Gasteiger partial charge is 0.308 e. The van der Waals surface area contributed by atoms with Crippen molar-refractivity contribution < 1.29 is 23.5 Å². The Balaban J connectivity index is 1.69. The minimum Gasteiger partial charge on any atom is -0.497 e. The molecule has 0 radical (unpaired) electrons. The Bertz CT molecular complexity index is 1120. The van der Waals surface area contributed by atoms with E-state index >= 15 is 0 Å². The second-order valence-electron chi connectivity index (χ2n) is 7.63. The van der Waals surface area contributed by atoms with Gasteiger partial charge in [0, 0.05) is 24.8 Å². The number of carbonyl (C=O) groups excluding carboxylic acids is 2. The topological polar surface area (TPSA) is 73.7 Å². The number of esters is 1. The average molecular weight is 437 g/mol. The number of amides is 1. The summed E-state index contributed by atoms with van der Waals surface area (Å²) in [5.74, 6) is -0.295. The molecular formula is C24H24FN3O4. The first-order valence-corrected chi connectivity index (χ1v) is 10.4. The van der Waals surface area contributed by atoms with Crippen LogP contribution >= 0.6 is 0 Å². The Hall–Kier alpha value is -3.68. The molecule has 166 valence electrons. The Morgan fingerprint density at radius 2 is 1.78 bits per heavy atom. The first-order chi connectivity index (χ1) is 15.5. The summed E-state index contributed by atoms with van der Waals surface area (Å²) < 4.78 is 25.1. The van der Waals surface area contributed by atoms with Crippen LogP contribution in [-0.4, -0.2) is 53.9 Å². The van der Waals surface area contributed by atoms with Gasteiger partial charge in [-0.25, -0.2) is 9.07 Å². The van der Waals surface area contributed by atoms with Gasteiger partial charge >= 0.3 is 5.97 Å². The maximum absolute atomic E-state index is 13.5. The van der Waals surface area contributed by atoms with Crippen molar-refractivity contribution in [3.8, 4) is 22.7 Å². The van der Waals surface area contributed by atoms with Gasteiger partial charge in [0.2, 0.25) is 0 Å². The number of halogens is 1. The van der Waals surface area contributed by atoms with Gasteiger partial charge in [-0.05, 0) is 49.2 Å². The van der Waals surface area contributed by atoms with Crippen LogP contribution in [0.1, 0.15) is 23.2 Å². The van der Waals surface area contributed by atoms with Gasteiger partial charge in [-0.15, -0.1) is 0 Å². The van der Waals surface area contributed by atoms with E-state index in [0.29, 0.717) is 48.6 Å². The summed E-state index contributed by atoms with van der Waals surface area (Å²) in [4.78, 5) is 27.0. The minimum atomic E-state index is -0.348. The largest absolute Gasteiger partial charge is 0.497 e. The maximum Gasteiger partial charge on any atom is 0.308 e. The number of methoxy groups -OCH3 is 2. The van der Waals surface area contributed by atoms with E-state index in [0.717, 1.165) is 5.56 Å². The number of hydrogen-bond acceptors (Lipinski definition) is 5. The van der Waals surface area contributed by atoms with Crippen LogP contribution in [0.15, 0.2) is 54.7 Å². The van der Waals surface area contributed by atoms with Gasteiger partial charge in [0.15, 0.2) is 0 Å². The first kappa shape index (κ1) is 21.5. The molecular weight excluding hydrogens is 413 g/mol. The third-order valence-electron chi connectivity index (χ3n) is 5.70. The van der Waals surface area contributed by atoms with Crippen LogP contribution in [0.25, 0.3) is 16.9 Å². The Morgan fingerprint density at radius 3 is 2.44 bits per heavy atom. The Labute approximate surface area is 185 Å². The monoisotopic (exact) mass is 437 g/mol. The maximum atomic E-state index is 13.5. The Kier molecular flexibility index (Phi) is 6.20. The van der Waals surface area contributed by atoms with Gasteiger partial charge in [0.25, 0.3) is 5.91 Å². The molecule has 0 aliphatic carbocycles. The number of carbonyl (C=O) groups is 2. The highest BCUT2D eigenvalue weighted by molar-refractivity contribution is 6.00. The molecule has 0 atom stereocenters. The van der Waals surface area contributed by atoms with E-state index < -0.39 is 0 Å². The van der Waals surface area contributed by atoms with E-state index in [4.69, 9.17) is 9.47 Å². The van der Waals surface area contributed by atoms with Crippen molar-refractivity contribution in [1.29, 1.82) is 0 Å². The van der Waals surface area contributed by atoms with E-state index in [1.54, 1.807) is 35.0 Å². The summed E-state index contributed by atoms with van der Waals surface area (Å²) >= 11 is 0. The number of rotatable bonds is 5. The highest BCUT2D eigenvalue weighted by Crippen LogP contribution is 2.29.